The van der Waals surface area contributed by atoms with Gasteiger partial charge in [0.2, 0.25) is 15.9 Å². The van der Waals surface area contributed by atoms with E-state index in [4.69, 9.17) is 44.3 Å². The van der Waals surface area contributed by atoms with Crippen LogP contribution in [0, 0.1) is 0 Å². The number of alkyl halides is 3. The number of carbonyl (C=O) groups is 2. The van der Waals surface area contributed by atoms with Crippen LogP contribution in [-0.4, -0.2) is 33.1 Å². The molecule has 2 aromatic carbocycles. The van der Waals surface area contributed by atoms with E-state index in [9.17, 15) is 14.4 Å². The van der Waals surface area contributed by atoms with Crippen molar-refractivity contribution in [3.8, 4) is 5.75 Å². The number of nitrogens with zero attached hydrogens (tertiary/aromatic N) is 2. The van der Waals surface area contributed by atoms with Gasteiger partial charge in [0.15, 0.2) is 4.80 Å². The zero-order valence-electron chi connectivity index (χ0n) is 21.1. The smallest absolute Gasteiger partial charge is 0.338 e. The molecule has 2 atom stereocenters. The lowest BCUT2D eigenvalue weighted by Crippen LogP contribution is -2.47. The number of amides is 1. The molecule has 3 aromatic rings. The molecule has 39 heavy (non-hydrogen) atoms. The third kappa shape index (κ3) is 6.55. The van der Waals surface area contributed by atoms with Crippen LogP contribution in [0.3, 0.4) is 0 Å². The van der Waals surface area contributed by atoms with E-state index in [1.54, 1.807) is 44.2 Å². The topological polar surface area (TPSA) is 99.0 Å². The average Bonchev–Trinajstić information content (AvgIpc) is 3.18. The van der Waals surface area contributed by atoms with Crippen molar-refractivity contribution >= 4 is 64.1 Å². The quantitative estimate of drug-likeness (QED) is 0.248. The van der Waals surface area contributed by atoms with Gasteiger partial charge in [0, 0.05) is 6.92 Å². The second-order valence-corrected chi connectivity index (χ2v) is 11.9. The van der Waals surface area contributed by atoms with E-state index in [0.29, 0.717) is 31.9 Å². The molecule has 4 rings (SSSR count). The molecule has 1 amide bonds. The van der Waals surface area contributed by atoms with Gasteiger partial charge in [0.25, 0.3) is 5.56 Å². The number of hydrogen-bond donors (Lipinski definition) is 1. The number of hydrogen-bond acceptors (Lipinski definition) is 7. The summed E-state index contributed by atoms with van der Waals surface area (Å²) >= 11 is 19.0. The molecule has 0 unspecified atom stereocenters. The molecular formula is C27H24Cl3N3O5S. The normalized spacial score (nSPS) is 16.3. The van der Waals surface area contributed by atoms with E-state index in [1.807, 2.05) is 30.3 Å². The molecule has 1 aliphatic heterocycles. The van der Waals surface area contributed by atoms with Crippen molar-refractivity contribution in [3.05, 3.63) is 96.7 Å². The van der Waals surface area contributed by atoms with Crippen molar-refractivity contribution in [1.82, 2.24) is 9.88 Å². The van der Waals surface area contributed by atoms with Gasteiger partial charge in [-0.15, -0.1) is 0 Å². The molecule has 0 saturated heterocycles. The van der Waals surface area contributed by atoms with E-state index in [1.165, 1.54) is 22.8 Å². The Kier molecular flexibility index (Phi) is 8.86. The van der Waals surface area contributed by atoms with Crippen LogP contribution in [0.2, 0.25) is 0 Å². The highest BCUT2D eigenvalue weighted by molar-refractivity contribution is 7.07. The maximum atomic E-state index is 13.7. The molecule has 1 aliphatic rings. The molecule has 0 radical (unpaired) electrons. The number of nitrogens with one attached hydrogen (secondary N) is 1. The van der Waals surface area contributed by atoms with Crippen molar-refractivity contribution < 1.29 is 19.1 Å². The molecule has 0 spiro atoms. The summed E-state index contributed by atoms with van der Waals surface area (Å²) in [4.78, 5) is 43.1. The maximum absolute atomic E-state index is 13.7. The van der Waals surface area contributed by atoms with Crippen LogP contribution < -0.4 is 24.9 Å². The lowest BCUT2D eigenvalue weighted by Gasteiger charge is -2.25. The number of fused-ring (bicyclic) bond motifs is 1. The molecule has 0 fully saturated rings. The summed E-state index contributed by atoms with van der Waals surface area (Å²) < 4.78 is 11.0. The molecule has 2 heterocycles. The Morgan fingerprint density at radius 2 is 1.82 bits per heavy atom. The number of halogens is 3. The minimum Gasteiger partial charge on any atom is -0.466 e. The van der Waals surface area contributed by atoms with Gasteiger partial charge >= 0.3 is 5.97 Å². The van der Waals surface area contributed by atoms with Crippen molar-refractivity contribution in [3.63, 3.8) is 0 Å². The number of benzene rings is 2. The third-order valence-corrected chi connectivity index (χ3v) is 7.27. The van der Waals surface area contributed by atoms with E-state index >= 15 is 0 Å². The van der Waals surface area contributed by atoms with Crippen LogP contribution in [0.25, 0.3) is 6.08 Å². The maximum Gasteiger partial charge on any atom is 0.338 e. The Hall–Kier alpha value is -3.11. The molecule has 0 bridgehead atoms. The van der Waals surface area contributed by atoms with Gasteiger partial charge in [-0.3, -0.25) is 14.2 Å². The van der Waals surface area contributed by atoms with Crippen LogP contribution in [-0.2, 0) is 14.3 Å². The minimum absolute atomic E-state index is 0.203. The lowest BCUT2D eigenvalue weighted by atomic mass is 9.96. The predicted molar refractivity (Wildman–Crippen MR) is 152 cm³/mol. The third-order valence-electron chi connectivity index (χ3n) is 5.70. The van der Waals surface area contributed by atoms with Crippen molar-refractivity contribution in [2.75, 3.05) is 6.61 Å². The fourth-order valence-electron chi connectivity index (χ4n) is 4.04. The molecule has 1 N–H and O–H groups in total. The first-order chi connectivity index (χ1) is 18.5. The molecule has 8 nitrogen and oxygen atoms in total. The molecule has 0 saturated carbocycles. The van der Waals surface area contributed by atoms with Gasteiger partial charge in [-0.05, 0) is 43.2 Å². The number of esters is 1. The number of ether oxygens (including phenoxy) is 2. The largest absolute Gasteiger partial charge is 0.466 e. The number of thiazole rings is 1. The van der Waals surface area contributed by atoms with Crippen LogP contribution in [0.4, 0.5) is 0 Å². The first-order valence-electron chi connectivity index (χ1n) is 11.8. The summed E-state index contributed by atoms with van der Waals surface area (Å²) in [6.45, 7) is 4.96. The summed E-state index contributed by atoms with van der Waals surface area (Å²) in [5.74, 6) is -0.587. The van der Waals surface area contributed by atoms with Gasteiger partial charge in [-0.25, -0.2) is 9.79 Å². The van der Waals surface area contributed by atoms with Crippen LogP contribution >= 0.6 is 46.1 Å². The predicted octanol–water partition coefficient (Wildman–Crippen LogP) is 4.01. The lowest BCUT2D eigenvalue weighted by molar-refractivity contribution is -0.139. The minimum atomic E-state index is -1.89. The highest BCUT2D eigenvalue weighted by Gasteiger charge is 2.36. The molecule has 204 valence electrons. The Morgan fingerprint density at radius 3 is 2.41 bits per heavy atom. The number of carbonyl (C=O) groups excluding carboxylic acids is 2. The van der Waals surface area contributed by atoms with Gasteiger partial charge in [0.05, 0.1) is 28.5 Å². The monoisotopic (exact) mass is 607 g/mol. The summed E-state index contributed by atoms with van der Waals surface area (Å²) in [6, 6.07) is 15.3. The summed E-state index contributed by atoms with van der Waals surface area (Å²) in [7, 11) is 0. The van der Waals surface area contributed by atoms with Gasteiger partial charge < -0.3 is 14.8 Å². The highest BCUT2D eigenvalue weighted by atomic mass is 35.6. The van der Waals surface area contributed by atoms with Crippen molar-refractivity contribution in [2.45, 2.75) is 36.8 Å². The first-order valence-corrected chi connectivity index (χ1v) is 13.8. The van der Waals surface area contributed by atoms with Crippen molar-refractivity contribution in [1.29, 1.82) is 0 Å². The highest BCUT2D eigenvalue weighted by Crippen LogP contribution is 2.32. The van der Waals surface area contributed by atoms with E-state index < -0.39 is 27.9 Å². The SMILES string of the molecule is CCOC(=O)C1=C(C)N=c2s/c(=C\c3ccc(O[C@@H](NC(C)=O)C(Cl)(Cl)Cl)cc3)c(=O)n2[C@H]1c1ccccc1. The standard InChI is InChI=1S/C27H24Cl3N3O5S/c1-4-37-24(36)21-15(2)31-26-33(22(21)18-8-6-5-7-9-18)23(35)20(39-26)14-17-10-12-19(13-11-17)38-25(27(28,29)30)32-16(3)34/h5-14,22,25H,4H2,1-3H3,(H,32,34)/b20-14-/t22-,25+/m0/s1. The number of rotatable bonds is 7. The summed E-state index contributed by atoms with van der Waals surface area (Å²) in [5.41, 5.74) is 2.01. The van der Waals surface area contributed by atoms with Crippen LogP contribution in [0.5, 0.6) is 5.75 Å². The Labute approximate surface area is 243 Å². The fourth-order valence-corrected chi connectivity index (χ4v) is 5.38. The molecule has 0 aliphatic carbocycles. The molecule has 1 aromatic heterocycles. The van der Waals surface area contributed by atoms with E-state index in [-0.39, 0.29) is 12.2 Å². The fraction of sp³-hybridized carbons (Fsp3) is 0.259. The Bertz CT molecular complexity index is 1590. The molecular weight excluding hydrogens is 585 g/mol. The number of allylic oxidation sites excluding steroid dienone is 1. The van der Waals surface area contributed by atoms with Gasteiger partial charge in [0.1, 0.15) is 5.75 Å². The Balaban J connectivity index is 1.72. The average molecular weight is 609 g/mol. The van der Waals surface area contributed by atoms with Gasteiger partial charge in [-0.2, -0.15) is 0 Å². The zero-order valence-corrected chi connectivity index (χ0v) is 24.2. The Morgan fingerprint density at radius 1 is 1.15 bits per heavy atom. The van der Waals surface area contributed by atoms with Crippen molar-refractivity contribution in [2.24, 2.45) is 4.99 Å². The summed E-state index contributed by atoms with van der Waals surface area (Å²) in [5, 5.41) is 2.44. The van der Waals surface area contributed by atoms with E-state index in [0.717, 1.165) is 5.56 Å². The zero-order chi connectivity index (χ0) is 28.3. The first kappa shape index (κ1) is 28.9. The second kappa shape index (κ2) is 12.0. The summed E-state index contributed by atoms with van der Waals surface area (Å²) in [6.07, 6.45) is 0.517. The van der Waals surface area contributed by atoms with Crippen LogP contribution in [0.15, 0.2) is 75.7 Å². The van der Waals surface area contributed by atoms with E-state index in [2.05, 4.69) is 10.3 Å². The number of aromatic nitrogens is 1. The molecule has 12 heteroatoms. The second-order valence-electron chi connectivity index (χ2n) is 8.52. The van der Waals surface area contributed by atoms with Crippen LogP contribution in [0.1, 0.15) is 37.9 Å². The van der Waals surface area contributed by atoms with Gasteiger partial charge in [-0.1, -0.05) is 88.6 Å².